The fraction of sp³-hybridized carbons (Fsp3) is 0.917. The lowest BCUT2D eigenvalue weighted by Crippen LogP contribution is -2.45. The first-order valence-corrected chi connectivity index (χ1v) is 6.83. The average molecular weight is 295 g/mol. The molecule has 116 valence electrons. The first-order chi connectivity index (χ1) is 9.37. The van der Waals surface area contributed by atoms with E-state index in [1.54, 1.807) is 4.90 Å². The van der Waals surface area contributed by atoms with Gasteiger partial charge in [0.05, 0.1) is 6.54 Å². The molecular weight excluding hydrogens is 275 g/mol. The topological polar surface area (TPSA) is 55.8 Å². The van der Waals surface area contributed by atoms with Crippen molar-refractivity contribution in [2.75, 3.05) is 39.3 Å². The third kappa shape index (κ3) is 4.24. The molecule has 0 aliphatic carbocycles. The number of nitrogens with one attached hydrogen (secondary N) is 1. The van der Waals surface area contributed by atoms with E-state index in [1.165, 1.54) is 4.90 Å². The molecule has 0 radical (unpaired) electrons. The number of nitrogens with zero attached hydrogens (tertiary/aromatic N) is 2. The lowest BCUT2D eigenvalue weighted by atomic mass is 10.1. The number of urea groups is 1. The van der Waals surface area contributed by atoms with Crippen molar-refractivity contribution in [1.29, 1.82) is 0 Å². The number of likely N-dealkylation sites (tertiary alicyclic amines) is 2. The molecule has 20 heavy (non-hydrogen) atoms. The van der Waals surface area contributed by atoms with Crippen molar-refractivity contribution in [3.8, 4) is 0 Å². The molecule has 2 atom stereocenters. The van der Waals surface area contributed by atoms with Gasteiger partial charge in [-0.1, -0.05) is 0 Å². The highest BCUT2D eigenvalue weighted by Gasteiger charge is 2.35. The quantitative estimate of drug-likeness (QED) is 0.804. The summed E-state index contributed by atoms with van der Waals surface area (Å²) >= 11 is 0. The van der Waals surface area contributed by atoms with Gasteiger partial charge in [-0.15, -0.1) is 0 Å². The fourth-order valence-corrected chi connectivity index (χ4v) is 2.78. The molecule has 2 aliphatic heterocycles. The highest BCUT2D eigenvalue weighted by atomic mass is 19.4. The predicted molar refractivity (Wildman–Crippen MR) is 66.2 cm³/mol. The molecule has 5 nitrogen and oxygen atoms in total. The Balaban J connectivity index is 1.73. The summed E-state index contributed by atoms with van der Waals surface area (Å²) in [5.41, 5.74) is 0. The van der Waals surface area contributed by atoms with Crippen LogP contribution in [-0.2, 0) is 0 Å². The van der Waals surface area contributed by atoms with Crippen LogP contribution in [0.15, 0.2) is 0 Å². The molecule has 2 heterocycles. The van der Waals surface area contributed by atoms with Crippen LogP contribution in [0.5, 0.6) is 0 Å². The van der Waals surface area contributed by atoms with Gasteiger partial charge in [0, 0.05) is 44.7 Å². The van der Waals surface area contributed by atoms with Gasteiger partial charge in [0.25, 0.3) is 0 Å². The molecule has 0 spiro atoms. The van der Waals surface area contributed by atoms with Gasteiger partial charge in [0.1, 0.15) is 0 Å². The molecule has 0 aromatic carbocycles. The molecule has 8 heteroatoms. The molecule has 0 saturated carbocycles. The third-order valence-corrected chi connectivity index (χ3v) is 3.83. The number of carbonyl (C=O) groups is 1. The fourth-order valence-electron chi connectivity index (χ4n) is 2.78. The van der Waals surface area contributed by atoms with E-state index in [-0.39, 0.29) is 31.1 Å². The van der Waals surface area contributed by atoms with Gasteiger partial charge in [-0.2, -0.15) is 13.2 Å². The van der Waals surface area contributed by atoms with Gasteiger partial charge in [0.2, 0.25) is 0 Å². The monoisotopic (exact) mass is 295 g/mol. The van der Waals surface area contributed by atoms with Crippen LogP contribution in [0.3, 0.4) is 0 Å². The highest BCUT2D eigenvalue weighted by molar-refractivity contribution is 5.74. The Morgan fingerprint density at radius 2 is 2.00 bits per heavy atom. The Morgan fingerprint density at radius 3 is 2.60 bits per heavy atom. The number of aliphatic hydroxyl groups is 1. The Kier molecular flexibility index (Phi) is 4.74. The average Bonchev–Trinajstić information content (AvgIpc) is 2.96. The summed E-state index contributed by atoms with van der Waals surface area (Å²) in [4.78, 5) is 14.9. The Labute approximate surface area is 115 Å². The summed E-state index contributed by atoms with van der Waals surface area (Å²) in [5.74, 6) is 0.117. The lowest BCUT2D eigenvalue weighted by molar-refractivity contribution is -0.143. The lowest BCUT2D eigenvalue weighted by Gasteiger charge is -2.21. The minimum atomic E-state index is -4.19. The summed E-state index contributed by atoms with van der Waals surface area (Å²) in [5, 5.41) is 11.8. The van der Waals surface area contributed by atoms with Crippen LogP contribution in [0, 0.1) is 5.92 Å². The molecule has 2 amide bonds. The molecule has 0 bridgehead atoms. The maximum atomic E-state index is 12.3. The smallest absolute Gasteiger partial charge is 0.396 e. The molecule has 0 aromatic heterocycles. The van der Waals surface area contributed by atoms with Crippen molar-refractivity contribution in [2.45, 2.75) is 25.1 Å². The molecule has 2 unspecified atom stereocenters. The van der Waals surface area contributed by atoms with E-state index in [1.807, 2.05) is 0 Å². The molecule has 0 aromatic rings. The number of rotatable bonds is 3. The first kappa shape index (κ1) is 15.4. The van der Waals surface area contributed by atoms with E-state index < -0.39 is 12.7 Å². The summed E-state index contributed by atoms with van der Waals surface area (Å²) in [6, 6.07) is -0.460. The molecule has 2 N–H and O–H groups in total. The molecule has 2 saturated heterocycles. The highest BCUT2D eigenvalue weighted by Crippen LogP contribution is 2.20. The summed E-state index contributed by atoms with van der Waals surface area (Å²) in [7, 11) is 0. The van der Waals surface area contributed by atoms with Crippen molar-refractivity contribution in [3.05, 3.63) is 0 Å². The molecule has 2 rings (SSSR count). The van der Waals surface area contributed by atoms with Crippen molar-refractivity contribution in [3.63, 3.8) is 0 Å². The standard InChI is InChI=1S/C12H20F3N3O2/c13-12(14,15)8-17-3-2-10(6-17)16-11(20)18-4-1-9(5-18)7-19/h9-10,19H,1-8H2,(H,16,20). The number of hydrogen-bond donors (Lipinski definition) is 2. The Hall–Kier alpha value is -1.02. The predicted octanol–water partition coefficient (Wildman–Crippen LogP) is 0.647. The molecule has 2 aliphatic rings. The Morgan fingerprint density at radius 1 is 1.25 bits per heavy atom. The van der Waals surface area contributed by atoms with Gasteiger partial charge in [-0.3, -0.25) is 4.90 Å². The summed E-state index contributed by atoms with van der Waals surface area (Å²) in [6.45, 7) is 0.839. The van der Waals surface area contributed by atoms with Crippen LogP contribution in [0.1, 0.15) is 12.8 Å². The van der Waals surface area contributed by atoms with Crippen molar-refractivity contribution in [2.24, 2.45) is 5.92 Å². The minimum absolute atomic E-state index is 0.0621. The zero-order valence-electron chi connectivity index (χ0n) is 11.2. The van der Waals surface area contributed by atoms with E-state index in [0.717, 1.165) is 6.42 Å². The number of halogens is 3. The maximum absolute atomic E-state index is 12.3. The second-order valence-corrected chi connectivity index (χ2v) is 5.57. The number of aliphatic hydroxyl groups excluding tert-OH is 1. The van der Waals surface area contributed by atoms with Crippen LogP contribution in [0.4, 0.5) is 18.0 Å². The van der Waals surface area contributed by atoms with Crippen LogP contribution in [0.25, 0.3) is 0 Å². The van der Waals surface area contributed by atoms with Gasteiger partial charge in [0.15, 0.2) is 0 Å². The van der Waals surface area contributed by atoms with Crippen LogP contribution < -0.4 is 5.32 Å². The largest absolute Gasteiger partial charge is 0.401 e. The van der Waals surface area contributed by atoms with E-state index in [4.69, 9.17) is 5.11 Å². The van der Waals surface area contributed by atoms with Crippen molar-refractivity contribution in [1.82, 2.24) is 15.1 Å². The van der Waals surface area contributed by atoms with Crippen LogP contribution in [-0.4, -0.2) is 72.5 Å². The second-order valence-electron chi connectivity index (χ2n) is 5.57. The first-order valence-electron chi connectivity index (χ1n) is 6.83. The number of alkyl halides is 3. The van der Waals surface area contributed by atoms with Gasteiger partial charge >= 0.3 is 12.2 Å². The number of hydrogen-bond acceptors (Lipinski definition) is 3. The van der Waals surface area contributed by atoms with Gasteiger partial charge in [-0.05, 0) is 12.8 Å². The SMILES string of the molecule is O=C(NC1CCN(CC(F)(F)F)C1)N1CCC(CO)C1. The van der Waals surface area contributed by atoms with Crippen molar-refractivity contribution >= 4 is 6.03 Å². The third-order valence-electron chi connectivity index (χ3n) is 3.83. The zero-order valence-corrected chi connectivity index (χ0v) is 11.2. The zero-order chi connectivity index (χ0) is 14.8. The number of amides is 2. The normalized spacial score (nSPS) is 28.1. The van der Waals surface area contributed by atoms with Crippen LogP contribution in [0.2, 0.25) is 0 Å². The maximum Gasteiger partial charge on any atom is 0.401 e. The summed E-state index contributed by atoms with van der Waals surface area (Å²) < 4.78 is 36.8. The summed E-state index contributed by atoms with van der Waals surface area (Å²) in [6.07, 6.45) is -2.88. The second kappa shape index (κ2) is 6.17. The number of carbonyl (C=O) groups excluding carboxylic acids is 1. The van der Waals surface area contributed by atoms with E-state index in [2.05, 4.69) is 5.32 Å². The van der Waals surface area contributed by atoms with E-state index in [9.17, 15) is 18.0 Å². The van der Waals surface area contributed by atoms with Crippen LogP contribution >= 0.6 is 0 Å². The van der Waals surface area contributed by atoms with Gasteiger partial charge in [-0.25, -0.2) is 4.79 Å². The minimum Gasteiger partial charge on any atom is -0.396 e. The molecule has 2 fully saturated rings. The molecular formula is C12H20F3N3O2. The Bertz CT molecular complexity index is 351. The van der Waals surface area contributed by atoms with Gasteiger partial charge < -0.3 is 15.3 Å². The van der Waals surface area contributed by atoms with Crippen molar-refractivity contribution < 1.29 is 23.1 Å². The van der Waals surface area contributed by atoms with E-state index in [0.29, 0.717) is 26.1 Å². The van der Waals surface area contributed by atoms with E-state index >= 15 is 0 Å².